The largest absolute Gasteiger partial charge is 0.489 e. The molecule has 0 aliphatic heterocycles. The molecule has 6 nitrogen and oxygen atoms in total. The number of hydrogen-bond acceptors (Lipinski definition) is 5. The number of imidazole rings is 1. The Labute approximate surface area is 270 Å². The van der Waals surface area contributed by atoms with Crippen molar-refractivity contribution in [2.24, 2.45) is 0 Å². The number of fused-ring (bicyclic) bond motifs is 1. The molecule has 1 N–H and O–H groups in total. The molecule has 0 fully saturated rings. The highest BCUT2D eigenvalue weighted by Crippen LogP contribution is 2.31. The summed E-state index contributed by atoms with van der Waals surface area (Å²) in [4.78, 5) is 20.8. The van der Waals surface area contributed by atoms with Crippen LogP contribution in [0, 0.1) is 0 Å². The summed E-state index contributed by atoms with van der Waals surface area (Å²) in [5.74, 6) is 1.50. The Balaban J connectivity index is 1.21. The molecule has 0 saturated heterocycles. The van der Waals surface area contributed by atoms with Crippen molar-refractivity contribution in [3.8, 4) is 16.2 Å². The first-order valence-corrected chi connectivity index (χ1v) is 16.7. The number of aromatic nitrogens is 2. The fourth-order valence-electron chi connectivity index (χ4n) is 5.92. The van der Waals surface area contributed by atoms with Crippen molar-refractivity contribution in [1.29, 1.82) is 0 Å². The van der Waals surface area contributed by atoms with Crippen molar-refractivity contribution in [2.45, 2.75) is 71.7 Å². The molecule has 2 aromatic heterocycles. The van der Waals surface area contributed by atoms with E-state index in [9.17, 15) is 9.90 Å². The highest BCUT2D eigenvalue weighted by atomic mass is 32.1. The minimum Gasteiger partial charge on any atom is -0.489 e. The lowest BCUT2D eigenvalue weighted by Crippen LogP contribution is -2.30. The summed E-state index contributed by atoms with van der Waals surface area (Å²) in [6.45, 7) is 10.4. The van der Waals surface area contributed by atoms with Gasteiger partial charge < -0.3 is 14.4 Å². The third kappa shape index (κ3) is 8.50. The summed E-state index contributed by atoms with van der Waals surface area (Å²) < 4.78 is 8.21. The van der Waals surface area contributed by atoms with Gasteiger partial charge in [0.2, 0.25) is 0 Å². The monoisotopic (exact) mass is 621 g/mol. The van der Waals surface area contributed by atoms with Gasteiger partial charge >= 0.3 is 5.97 Å². The van der Waals surface area contributed by atoms with Crippen LogP contribution >= 0.6 is 11.3 Å². The van der Waals surface area contributed by atoms with Crippen molar-refractivity contribution >= 4 is 28.3 Å². The van der Waals surface area contributed by atoms with Crippen LogP contribution in [0.4, 0.5) is 0 Å². The van der Waals surface area contributed by atoms with E-state index in [2.05, 4.69) is 85.7 Å². The van der Waals surface area contributed by atoms with Gasteiger partial charge in [-0.2, -0.15) is 0 Å². The molecule has 7 heteroatoms. The molecule has 45 heavy (non-hydrogen) atoms. The molecule has 5 aromatic rings. The second-order valence-corrected chi connectivity index (χ2v) is 12.7. The van der Waals surface area contributed by atoms with Gasteiger partial charge in [0, 0.05) is 22.8 Å². The Morgan fingerprint density at radius 1 is 0.978 bits per heavy atom. The van der Waals surface area contributed by atoms with Gasteiger partial charge in [-0.05, 0) is 71.8 Å². The fourth-order valence-corrected chi connectivity index (χ4v) is 6.97. The Morgan fingerprint density at radius 3 is 2.40 bits per heavy atom. The third-order valence-corrected chi connectivity index (χ3v) is 9.20. The molecule has 0 unspecified atom stereocenters. The minimum absolute atomic E-state index is 0.0694. The summed E-state index contributed by atoms with van der Waals surface area (Å²) >= 11 is 1.69. The van der Waals surface area contributed by atoms with E-state index in [-0.39, 0.29) is 6.54 Å². The zero-order chi connectivity index (χ0) is 31.6. The average Bonchev–Trinajstić information content (AvgIpc) is 3.65. The van der Waals surface area contributed by atoms with Crippen LogP contribution in [-0.2, 0) is 31.0 Å². The van der Waals surface area contributed by atoms with E-state index in [1.54, 1.807) is 11.3 Å². The van der Waals surface area contributed by atoms with Crippen LogP contribution in [0.3, 0.4) is 0 Å². The maximum absolute atomic E-state index is 11.8. The Hall–Kier alpha value is -4.20. The number of hydrogen-bond donors (Lipinski definition) is 1. The smallest absolute Gasteiger partial charge is 0.317 e. The van der Waals surface area contributed by atoms with Gasteiger partial charge in [-0.25, -0.2) is 4.98 Å². The van der Waals surface area contributed by atoms with Crippen LogP contribution in [-0.4, -0.2) is 32.1 Å². The summed E-state index contributed by atoms with van der Waals surface area (Å²) in [7, 11) is 0. The van der Waals surface area contributed by atoms with E-state index in [0.717, 1.165) is 43.5 Å². The third-order valence-electron chi connectivity index (χ3n) is 8.08. The van der Waals surface area contributed by atoms with Gasteiger partial charge in [0.05, 0.1) is 24.1 Å². The first-order chi connectivity index (χ1) is 22.0. The lowest BCUT2D eigenvalue weighted by molar-refractivity contribution is -0.138. The Bertz CT molecular complexity index is 1680. The molecular formula is C38H43N3O3S. The van der Waals surface area contributed by atoms with Crippen molar-refractivity contribution in [3.05, 3.63) is 119 Å². The van der Waals surface area contributed by atoms with Crippen molar-refractivity contribution < 1.29 is 14.6 Å². The van der Waals surface area contributed by atoms with E-state index in [0.29, 0.717) is 32.2 Å². The van der Waals surface area contributed by atoms with Gasteiger partial charge in [-0.3, -0.25) is 9.69 Å². The van der Waals surface area contributed by atoms with Gasteiger partial charge in [0.15, 0.2) is 0 Å². The van der Waals surface area contributed by atoms with Crippen molar-refractivity contribution in [1.82, 2.24) is 14.5 Å². The van der Waals surface area contributed by atoms with Gasteiger partial charge in [-0.1, -0.05) is 81.3 Å². The van der Waals surface area contributed by atoms with E-state index >= 15 is 0 Å². The minimum atomic E-state index is -0.857. The number of carbonyl (C=O) groups is 1. The number of allylic oxidation sites excluding steroid dienone is 1. The number of nitrogens with zero attached hydrogens (tertiary/aromatic N) is 3. The molecule has 0 radical (unpaired) electrons. The van der Waals surface area contributed by atoms with Crippen LogP contribution in [0.1, 0.15) is 67.3 Å². The molecule has 234 valence electrons. The molecule has 0 aliphatic carbocycles. The van der Waals surface area contributed by atoms with Crippen LogP contribution in [0.2, 0.25) is 0 Å². The Kier molecular flexibility index (Phi) is 11.2. The summed E-state index contributed by atoms with van der Waals surface area (Å²) in [6, 6.07) is 29.3. The maximum Gasteiger partial charge on any atom is 0.317 e. The Morgan fingerprint density at radius 2 is 1.71 bits per heavy atom. The molecule has 0 aliphatic rings. The van der Waals surface area contributed by atoms with E-state index in [1.165, 1.54) is 31.2 Å². The zero-order valence-electron chi connectivity index (χ0n) is 26.3. The number of carboxylic acid groups (broad SMARTS) is 1. The van der Waals surface area contributed by atoms with E-state index in [4.69, 9.17) is 9.72 Å². The number of para-hydroxylation sites is 2. The van der Waals surface area contributed by atoms with Crippen LogP contribution < -0.4 is 4.74 Å². The number of ether oxygens (including phenoxy) is 1. The molecule has 0 saturated carbocycles. The molecule has 0 bridgehead atoms. The molecule has 2 heterocycles. The average molecular weight is 622 g/mol. The molecule has 0 spiro atoms. The lowest BCUT2D eigenvalue weighted by Gasteiger charge is -2.19. The highest BCUT2D eigenvalue weighted by Gasteiger charge is 2.18. The standard InChI is InChI=1S/C38H43N3O3S/c1-4-9-29(10-5-2)30-17-19-32(20-18-30)44-27-28-13-15-31(16-14-28)36-22-21-33(45-36)24-40(26-38(42)43)25-37-39-34-11-7-8-12-35(34)41(37)23-6-3/h6-8,11-22,29H,3-5,9-10,23-27H2,1-2H3,(H,42,43). The molecule has 0 atom stereocenters. The van der Waals surface area contributed by atoms with Gasteiger partial charge in [0.1, 0.15) is 18.2 Å². The fraction of sp³-hybridized carbons (Fsp3) is 0.316. The van der Waals surface area contributed by atoms with Gasteiger partial charge in [0.25, 0.3) is 0 Å². The van der Waals surface area contributed by atoms with E-state index < -0.39 is 5.97 Å². The van der Waals surface area contributed by atoms with E-state index in [1.807, 2.05) is 35.2 Å². The second-order valence-electron chi connectivity index (χ2n) is 11.5. The predicted molar refractivity (Wildman–Crippen MR) is 185 cm³/mol. The van der Waals surface area contributed by atoms with Crippen LogP contribution in [0.15, 0.2) is 97.6 Å². The normalized spacial score (nSPS) is 11.5. The maximum atomic E-state index is 11.8. The number of carboxylic acids is 1. The summed E-state index contributed by atoms with van der Waals surface area (Å²) in [5, 5.41) is 9.66. The zero-order valence-corrected chi connectivity index (χ0v) is 27.1. The van der Waals surface area contributed by atoms with Crippen LogP contribution in [0.25, 0.3) is 21.5 Å². The molecule has 5 rings (SSSR count). The summed E-state index contributed by atoms with van der Waals surface area (Å²) in [6.07, 6.45) is 6.71. The molecule has 3 aromatic carbocycles. The first kappa shape index (κ1) is 32.2. The predicted octanol–water partition coefficient (Wildman–Crippen LogP) is 9.30. The van der Waals surface area contributed by atoms with Crippen molar-refractivity contribution in [3.63, 3.8) is 0 Å². The highest BCUT2D eigenvalue weighted by molar-refractivity contribution is 7.15. The second kappa shape index (κ2) is 15.7. The van der Waals surface area contributed by atoms with Crippen molar-refractivity contribution in [2.75, 3.05) is 6.54 Å². The molecule has 0 amide bonds. The number of thiophene rings is 1. The number of rotatable bonds is 17. The molecular weight excluding hydrogens is 579 g/mol. The quantitative estimate of drug-likeness (QED) is 0.105. The topological polar surface area (TPSA) is 67.6 Å². The van der Waals surface area contributed by atoms with Gasteiger partial charge in [-0.15, -0.1) is 17.9 Å². The lowest BCUT2D eigenvalue weighted by atomic mass is 9.90. The number of benzene rings is 3. The SMILES string of the molecule is C=CCn1c(CN(CC(=O)O)Cc2ccc(-c3ccc(COc4ccc(C(CCC)CCC)cc4)cc3)s2)nc2ccccc21. The number of aliphatic carboxylic acids is 1. The van der Waals surface area contributed by atoms with Crippen LogP contribution in [0.5, 0.6) is 5.75 Å². The first-order valence-electron chi connectivity index (χ1n) is 15.9. The summed E-state index contributed by atoms with van der Waals surface area (Å²) in [5.41, 5.74) is 5.58.